The van der Waals surface area contributed by atoms with Crippen molar-refractivity contribution < 1.29 is 4.79 Å². The Hall–Kier alpha value is -0.670. The predicted octanol–water partition coefficient (Wildman–Crippen LogP) is 3.76. The van der Waals surface area contributed by atoms with E-state index in [0.29, 0.717) is 12.2 Å². The van der Waals surface area contributed by atoms with Crippen LogP contribution in [0.3, 0.4) is 0 Å². The number of carbonyl (C=O) groups excluding carboxylic acids is 1. The van der Waals surface area contributed by atoms with Crippen molar-refractivity contribution in [2.75, 3.05) is 13.1 Å². The first-order valence-corrected chi connectivity index (χ1v) is 7.88. The van der Waals surface area contributed by atoms with Crippen molar-refractivity contribution >= 4 is 17.1 Å². The maximum absolute atomic E-state index is 12.7. The van der Waals surface area contributed by atoms with Gasteiger partial charge in [-0.05, 0) is 48.3 Å². The molecule has 0 saturated carbocycles. The molecule has 0 radical (unpaired) electrons. The largest absolute Gasteiger partial charge is 0.297 e. The molecule has 0 amide bonds. The van der Waals surface area contributed by atoms with Crippen LogP contribution in [0, 0.1) is 0 Å². The number of nitrogens with zero attached hydrogens (tertiary/aromatic N) is 1. The number of likely N-dealkylation sites (N-methyl/N-ethyl adjacent to an activating group) is 1. The third-order valence-corrected chi connectivity index (χ3v) is 4.73. The van der Waals surface area contributed by atoms with Crippen LogP contribution in [0.25, 0.3) is 0 Å². The fourth-order valence-electron chi connectivity index (χ4n) is 2.84. The van der Waals surface area contributed by atoms with E-state index in [1.165, 1.54) is 0 Å². The van der Waals surface area contributed by atoms with E-state index in [1.807, 2.05) is 5.38 Å². The molecule has 2 nitrogen and oxygen atoms in total. The van der Waals surface area contributed by atoms with E-state index in [4.69, 9.17) is 0 Å². The summed E-state index contributed by atoms with van der Waals surface area (Å²) in [6, 6.07) is 2.06. The zero-order chi connectivity index (χ0) is 13.6. The SMILES string of the molecule is CCN(CC)C(CC)(CC)C(=O)Cc1ccsc1. The second kappa shape index (κ2) is 7.05. The lowest BCUT2D eigenvalue weighted by Crippen LogP contribution is -2.54. The van der Waals surface area contributed by atoms with Gasteiger partial charge in [0.05, 0.1) is 5.54 Å². The first-order valence-electron chi connectivity index (χ1n) is 6.93. The smallest absolute Gasteiger partial charge is 0.157 e. The summed E-state index contributed by atoms with van der Waals surface area (Å²) in [4.78, 5) is 15.0. The molecule has 1 aromatic rings. The van der Waals surface area contributed by atoms with Crippen molar-refractivity contribution in [3.05, 3.63) is 22.4 Å². The van der Waals surface area contributed by atoms with Crippen LogP contribution in [0.2, 0.25) is 0 Å². The molecular weight excluding hydrogens is 242 g/mol. The molecule has 1 heterocycles. The van der Waals surface area contributed by atoms with Crippen LogP contribution < -0.4 is 0 Å². The van der Waals surface area contributed by atoms with E-state index in [-0.39, 0.29) is 5.54 Å². The van der Waals surface area contributed by atoms with Gasteiger partial charge in [0.2, 0.25) is 0 Å². The zero-order valence-electron chi connectivity index (χ0n) is 12.0. The second-order valence-corrected chi connectivity index (χ2v) is 5.42. The Kier molecular flexibility index (Phi) is 6.03. The lowest BCUT2D eigenvalue weighted by molar-refractivity contribution is -0.131. The van der Waals surface area contributed by atoms with Crippen LogP contribution in [0.15, 0.2) is 16.8 Å². The molecule has 0 aliphatic rings. The Labute approximate surface area is 115 Å². The molecule has 0 saturated heterocycles. The minimum Gasteiger partial charge on any atom is -0.297 e. The average Bonchev–Trinajstić information content (AvgIpc) is 2.88. The molecule has 0 aliphatic carbocycles. The van der Waals surface area contributed by atoms with Gasteiger partial charge in [-0.3, -0.25) is 9.69 Å². The normalized spacial score (nSPS) is 12.1. The topological polar surface area (TPSA) is 20.3 Å². The quantitative estimate of drug-likeness (QED) is 0.715. The molecule has 18 heavy (non-hydrogen) atoms. The first kappa shape index (κ1) is 15.4. The van der Waals surface area contributed by atoms with Gasteiger partial charge in [-0.1, -0.05) is 27.7 Å². The van der Waals surface area contributed by atoms with E-state index >= 15 is 0 Å². The van der Waals surface area contributed by atoms with Crippen LogP contribution in [0.1, 0.15) is 46.1 Å². The minimum absolute atomic E-state index is 0.272. The summed E-state index contributed by atoms with van der Waals surface area (Å²) in [5, 5.41) is 4.12. The summed E-state index contributed by atoms with van der Waals surface area (Å²) < 4.78 is 0. The Morgan fingerprint density at radius 1 is 1.22 bits per heavy atom. The summed E-state index contributed by atoms with van der Waals surface area (Å²) in [7, 11) is 0. The van der Waals surface area contributed by atoms with Gasteiger partial charge in [-0.15, -0.1) is 0 Å². The predicted molar refractivity (Wildman–Crippen MR) is 79.3 cm³/mol. The molecule has 0 spiro atoms. The molecule has 0 bridgehead atoms. The van der Waals surface area contributed by atoms with E-state index in [9.17, 15) is 4.79 Å². The Morgan fingerprint density at radius 2 is 1.83 bits per heavy atom. The fourth-order valence-corrected chi connectivity index (χ4v) is 3.51. The van der Waals surface area contributed by atoms with Crippen molar-refractivity contribution in [1.82, 2.24) is 4.90 Å². The number of Topliss-reactive ketones (excluding diaryl/α,β-unsaturated/α-hetero) is 1. The van der Waals surface area contributed by atoms with E-state index in [0.717, 1.165) is 31.5 Å². The molecule has 0 N–H and O–H groups in total. The first-order chi connectivity index (χ1) is 8.64. The van der Waals surface area contributed by atoms with E-state index < -0.39 is 0 Å². The monoisotopic (exact) mass is 267 g/mol. The summed E-state index contributed by atoms with van der Waals surface area (Å²) in [5.41, 5.74) is 0.884. The molecule has 0 aromatic carbocycles. The second-order valence-electron chi connectivity index (χ2n) is 4.64. The van der Waals surface area contributed by atoms with Gasteiger partial charge in [0.15, 0.2) is 5.78 Å². The minimum atomic E-state index is -0.272. The molecule has 1 aromatic heterocycles. The van der Waals surface area contributed by atoms with Crippen LogP contribution in [-0.2, 0) is 11.2 Å². The highest BCUT2D eigenvalue weighted by Gasteiger charge is 2.38. The number of carbonyl (C=O) groups is 1. The number of hydrogen-bond donors (Lipinski definition) is 0. The van der Waals surface area contributed by atoms with Gasteiger partial charge >= 0.3 is 0 Å². The summed E-state index contributed by atoms with van der Waals surface area (Å²) in [6.07, 6.45) is 2.37. The Balaban J connectivity index is 2.92. The Morgan fingerprint density at radius 3 is 2.22 bits per heavy atom. The molecule has 102 valence electrons. The zero-order valence-corrected chi connectivity index (χ0v) is 12.8. The van der Waals surface area contributed by atoms with Gasteiger partial charge in [0.25, 0.3) is 0 Å². The van der Waals surface area contributed by atoms with E-state index in [2.05, 4.69) is 44.0 Å². The lowest BCUT2D eigenvalue weighted by Gasteiger charge is -2.41. The van der Waals surface area contributed by atoms with E-state index in [1.54, 1.807) is 11.3 Å². The highest BCUT2D eigenvalue weighted by atomic mass is 32.1. The third kappa shape index (κ3) is 3.01. The van der Waals surface area contributed by atoms with Crippen LogP contribution in [0.5, 0.6) is 0 Å². The van der Waals surface area contributed by atoms with Gasteiger partial charge < -0.3 is 0 Å². The van der Waals surface area contributed by atoms with Crippen molar-refractivity contribution in [3.63, 3.8) is 0 Å². The van der Waals surface area contributed by atoms with Gasteiger partial charge in [-0.25, -0.2) is 0 Å². The molecule has 0 fully saturated rings. The van der Waals surface area contributed by atoms with Crippen molar-refractivity contribution in [1.29, 1.82) is 0 Å². The van der Waals surface area contributed by atoms with Gasteiger partial charge in [0.1, 0.15) is 0 Å². The molecule has 3 heteroatoms. The maximum atomic E-state index is 12.7. The summed E-state index contributed by atoms with van der Waals surface area (Å²) in [6.45, 7) is 10.4. The van der Waals surface area contributed by atoms with Gasteiger partial charge in [-0.2, -0.15) is 11.3 Å². The molecular formula is C15H25NOS. The van der Waals surface area contributed by atoms with Gasteiger partial charge in [0, 0.05) is 6.42 Å². The molecule has 0 atom stereocenters. The van der Waals surface area contributed by atoms with Crippen LogP contribution in [0.4, 0.5) is 0 Å². The molecule has 1 rings (SSSR count). The van der Waals surface area contributed by atoms with Crippen LogP contribution in [-0.4, -0.2) is 29.3 Å². The maximum Gasteiger partial charge on any atom is 0.157 e. The highest BCUT2D eigenvalue weighted by molar-refractivity contribution is 7.08. The fraction of sp³-hybridized carbons (Fsp3) is 0.667. The highest BCUT2D eigenvalue weighted by Crippen LogP contribution is 2.27. The number of rotatable bonds is 8. The van der Waals surface area contributed by atoms with Crippen molar-refractivity contribution in [2.45, 2.75) is 52.5 Å². The Bertz CT molecular complexity index is 351. The lowest BCUT2D eigenvalue weighted by atomic mass is 9.83. The van der Waals surface area contributed by atoms with Crippen LogP contribution >= 0.6 is 11.3 Å². The number of hydrogen-bond acceptors (Lipinski definition) is 3. The van der Waals surface area contributed by atoms with Crippen molar-refractivity contribution in [2.24, 2.45) is 0 Å². The number of ketones is 1. The summed E-state index contributed by atoms with van der Waals surface area (Å²) in [5.74, 6) is 0.370. The molecule has 0 unspecified atom stereocenters. The summed E-state index contributed by atoms with van der Waals surface area (Å²) >= 11 is 1.66. The molecule has 0 aliphatic heterocycles. The standard InChI is InChI=1S/C15H25NOS/c1-5-15(6-2,16(7-3)8-4)14(17)11-13-9-10-18-12-13/h9-10,12H,5-8,11H2,1-4H3. The third-order valence-electron chi connectivity index (χ3n) is 4.00. The average molecular weight is 267 g/mol. The van der Waals surface area contributed by atoms with Crippen molar-refractivity contribution in [3.8, 4) is 0 Å². The number of thiophene rings is 1.